The molecule has 0 aromatic rings. The molecule has 0 radical (unpaired) electrons. The van der Waals surface area contributed by atoms with Gasteiger partial charge in [0.25, 0.3) is 5.91 Å². The molecule has 1 heterocycles. The van der Waals surface area contributed by atoms with E-state index in [4.69, 9.17) is 0 Å². The van der Waals surface area contributed by atoms with Crippen LogP contribution < -0.4 is 0 Å². The summed E-state index contributed by atoms with van der Waals surface area (Å²) in [5.41, 5.74) is -0.750. The van der Waals surface area contributed by atoms with Gasteiger partial charge in [0, 0.05) is 13.1 Å². The third-order valence-electron chi connectivity index (χ3n) is 3.06. The highest BCUT2D eigenvalue weighted by atomic mass is 16.4. The van der Waals surface area contributed by atoms with Gasteiger partial charge in [0.05, 0.1) is 5.41 Å². The third-order valence-corrected chi connectivity index (χ3v) is 3.06. The van der Waals surface area contributed by atoms with E-state index in [1.807, 2.05) is 6.92 Å². The molecular formula is C12H17NO3. The van der Waals surface area contributed by atoms with Crippen LogP contribution in [0.5, 0.6) is 0 Å². The summed E-state index contributed by atoms with van der Waals surface area (Å²) in [5, 5.41) is 9.25. The van der Waals surface area contributed by atoms with E-state index >= 15 is 0 Å². The van der Waals surface area contributed by atoms with Crippen LogP contribution in [0.1, 0.15) is 33.1 Å². The van der Waals surface area contributed by atoms with Crippen molar-refractivity contribution in [1.29, 1.82) is 0 Å². The SMILES string of the molecule is CC#CC(=O)N1CCC(CCC)(C(=O)O)C1. The number of carboxylic acid groups (broad SMARTS) is 1. The molecule has 88 valence electrons. The molecule has 1 unspecified atom stereocenters. The fourth-order valence-corrected chi connectivity index (χ4v) is 2.20. The fraction of sp³-hybridized carbons (Fsp3) is 0.667. The van der Waals surface area contributed by atoms with Gasteiger partial charge in [-0.1, -0.05) is 19.3 Å². The molecule has 0 aliphatic carbocycles. The van der Waals surface area contributed by atoms with Gasteiger partial charge in [-0.25, -0.2) is 0 Å². The number of carbonyl (C=O) groups is 2. The number of hydrogen-bond donors (Lipinski definition) is 1. The number of carbonyl (C=O) groups excluding carboxylic acids is 1. The van der Waals surface area contributed by atoms with Gasteiger partial charge in [0.2, 0.25) is 0 Å². The van der Waals surface area contributed by atoms with Gasteiger partial charge in [0.15, 0.2) is 0 Å². The van der Waals surface area contributed by atoms with Crippen molar-refractivity contribution < 1.29 is 14.7 Å². The van der Waals surface area contributed by atoms with Crippen LogP contribution in [0.2, 0.25) is 0 Å². The van der Waals surface area contributed by atoms with Crippen molar-refractivity contribution in [3.05, 3.63) is 0 Å². The zero-order valence-electron chi connectivity index (χ0n) is 9.75. The second-order valence-electron chi connectivity index (χ2n) is 4.19. The second kappa shape index (κ2) is 5.02. The molecule has 1 atom stereocenters. The quantitative estimate of drug-likeness (QED) is 0.729. The lowest BCUT2D eigenvalue weighted by molar-refractivity contribution is -0.148. The van der Waals surface area contributed by atoms with E-state index in [0.29, 0.717) is 25.9 Å². The summed E-state index contributed by atoms with van der Waals surface area (Å²) in [6.07, 6.45) is 1.97. The molecule has 1 N–H and O–H groups in total. The number of amides is 1. The van der Waals surface area contributed by atoms with E-state index in [1.54, 1.807) is 11.8 Å². The molecule has 0 spiro atoms. The van der Waals surface area contributed by atoms with Crippen LogP contribution in [0.15, 0.2) is 0 Å². The third kappa shape index (κ3) is 2.35. The molecule has 1 rings (SSSR count). The Bertz CT molecular complexity index is 353. The first-order valence-electron chi connectivity index (χ1n) is 5.51. The van der Waals surface area contributed by atoms with Crippen molar-refractivity contribution in [2.24, 2.45) is 5.41 Å². The Balaban J connectivity index is 2.76. The fourth-order valence-electron chi connectivity index (χ4n) is 2.20. The molecule has 1 amide bonds. The predicted molar refractivity (Wildman–Crippen MR) is 59.6 cm³/mol. The number of likely N-dealkylation sites (tertiary alicyclic amines) is 1. The highest BCUT2D eigenvalue weighted by Gasteiger charge is 2.45. The molecule has 1 fully saturated rings. The standard InChI is InChI=1S/C12H17NO3/c1-3-5-10(14)13-8-7-12(9-13,6-4-2)11(15)16/h4,6-9H2,1-2H3,(H,15,16). The van der Waals surface area contributed by atoms with Crippen LogP contribution in [0, 0.1) is 17.3 Å². The molecule has 4 heteroatoms. The number of carboxylic acids is 1. The molecule has 1 aliphatic heterocycles. The van der Waals surface area contributed by atoms with E-state index in [9.17, 15) is 14.7 Å². The molecule has 16 heavy (non-hydrogen) atoms. The van der Waals surface area contributed by atoms with Gasteiger partial charge < -0.3 is 10.0 Å². The Kier molecular flexibility index (Phi) is 3.94. The van der Waals surface area contributed by atoms with Crippen molar-refractivity contribution in [1.82, 2.24) is 4.90 Å². The van der Waals surface area contributed by atoms with Gasteiger partial charge in [-0.2, -0.15) is 0 Å². The van der Waals surface area contributed by atoms with Crippen LogP contribution in [0.3, 0.4) is 0 Å². The largest absolute Gasteiger partial charge is 0.481 e. The molecule has 0 aromatic heterocycles. The molecule has 1 saturated heterocycles. The number of hydrogen-bond acceptors (Lipinski definition) is 2. The van der Waals surface area contributed by atoms with Gasteiger partial charge in [-0.05, 0) is 25.7 Å². The van der Waals surface area contributed by atoms with Crippen molar-refractivity contribution in [2.45, 2.75) is 33.1 Å². The molecule has 0 bridgehead atoms. The lowest BCUT2D eigenvalue weighted by atomic mass is 9.83. The summed E-state index contributed by atoms with van der Waals surface area (Å²) in [6.45, 7) is 4.36. The lowest BCUT2D eigenvalue weighted by Gasteiger charge is -2.23. The maximum atomic E-state index is 11.5. The zero-order valence-corrected chi connectivity index (χ0v) is 9.75. The first kappa shape index (κ1) is 12.6. The summed E-state index contributed by atoms with van der Waals surface area (Å²) in [5.74, 6) is 3.94. The maximum Gasteiger partial charge on any atom is 0.311 e. The van der Waals surface area contributed by atoms with Crippen LogP contribution in [0.4, 0.5) is 0 Å². The van der Waals surface area contributed by atoms with Crippen LogP contribution >= 0.6 is 0 Å². The van der Waals surface area contributed by atoms with E-state index in [0.717, 1.165) is 6.42 Å². The van der Waals surface area contributed by atoms with E-state index in [1.165, 1.54) is 0 Å². The smallest absolute Gasteiger partial charge is 0.311 e. The molecule has 0 saturated carbocycles. The Hall–Kier alpha value is -1.50. The minimum atomic E-state index is -0.797. The normalized spacial score (nSPS) is 23.8. The summed E-state index contributed by atoms with van der Waals surface area (Å²) < 4.78 is 0. The van der Waals surface area contributed by atoms with Crippen LogP contribution in [0.25, 0.3) is 0 Å². The average Bonchev–Trinajstić information content (AvgIpc) is 2.64. The van der Waals surface area contributed by atoms with Crippen molar-refractivity contribution in [2.75, 3.05) is 13.1 Å². The minimum Gasteiger partial charge on any atom is -0.481 e. The summed E-state index contributed by atoms with van der Waals surface area (Å²) in [7, 11) is 0. The lowest BCUT2D eigenvalue weighted by Crippen LogP contribution is -2.36. The second-order valence-corrected chi connectivity index (χ2v) is 4.19. The molecule has 4 nitrogen and oxygen atoms in total. The average molecular weight is 223 g/mol. The van der Waals surface area contributed by atoms with Crippen molar-refractivity contribution in [3.8, 4) is 11.8 Å². The minimum absolute atomic E-state index is 0.262. The highest BCUT2D eigenvalue weighted by Crippen LogP contribution is 2.35. The number of aliphatic carboxylic acids is 1. The van der Waals surface area contributed by atoms with E-state index in [2.05, 4.69) is 11.8 Å². The van der Waals surface area contributed by atoms with Crippen LogP contribution in [-0.2, 0) is 9.59 Å². The van der Waals surface area contributed by atoms with Crippen molar-refractivity contribution >= 4 is 11.9 Å². The molecule has 0 aromatic carbocycles. The van der Waals surface area contributed by atoms with Gasteiger partial charge in [-0.15, -0.1) is 0 Å². The van der Waals surface area contributed by atoms with E-state index in [-0.39, 0.29) is 5.91 Å². The van der Waals surface area contributed by atoms with Crippen LogP contribution in [-0.4, -0.2) is 35.0 Å². The number of rotatable bonds is 3. The monoisotopic (exact) mass is 223 g/mol. The maximum absolute atomic E-state index is 11.5. The molecular weight excluding hydrogens is 206 g/mol. The Morgan fingerprint density at radius 2 is 2.19 bits per heavy atom. The topological polar surface area (TPSA) is 57.6 Å². The highest BCUT2D eigenvalue weighted by molar-refractivity contribution is 5.94. The summed E-state index contributed by atoms with van der Waals surface area (Å²) in [6, 6.07) is 0. The van der Waals surface area contributed by atoms with Gasteiger partial charge in [0.1, 0.15) is 0 Å². The van der Waals surface area contributed by atoms with Crippen molar-refractivity contribution in [3.63, 3.8) is 0 Å². The Labute approximate surface area is 95.6 Å². The first-order valence-corrected chi connectivity index (χ1v) is 5.51. The Morgan fingerprint density at radius 1 is 1.50 bits per heavy atom. The Morgan fingerprint density at radius 3 is 2.69 bits per heavy atom. The summed E-state index contributed by atoms with van der Waals surface area (Å²) >= 11 is 0. The number of nitrogens with zero attached hydrogens (tertiary/aromatic N) is 1. The van der Waals surface area contributed by atoms with E-state index < -0.39 is 11.4 Å². The van der Waals surface area contributed by atoms with Gasteiger partial charge >= 0.3 is 5.97 Å². The van der Waals surface area contributed by atoms with Gasteiger partial charge in [-0.3, -0.25) is 9.59 Å². The predicted octanol–water partition coefficient (Wildman–Crippen LogP) is 1.11. The first-order chi connectivity index (χ1) is 7.55. The zero-order chi connectivity index (χ0) is 12.2. The summed E-state index contributed by atoms with van der Waals surface area (Å²) in [4.78, 5) is 24.3. The molecule has 1 aliphatic rings.